The standard InChI is InChI=1S/C19H31N3O4S.HI/c1-6-20-18(22-10-11-27(23,24)19(3,4)14-22)21-13-15(2)26-17-9-7-8-16(12-17)25-5;/h7-9,12,15H,6,10-11,13-14H2,1-5H3,(H,20,21);1H. The van der Waals surface area contributed by atoms with Crippen LogP contribution in [0.25, 0.3) is 0 Å². The summed E-state index contributed by atoms with van der Waals surface area (Å²) < 4.78 is 34.8. The summed E-state index contributed by atoms with van der Waals surface area (Å²) in [7, 11) is -1.46. The van der Waals surface area contributed by atoms with Gasteiger partial charge in [-0.05, 0) is 39.8 Å². The van der Waals surface area contributed by atoms with Crippen molar-refractivity contribution in [1.82, 2.24) is 10.2 Å². The van der Waals surface area contributed by atoms with Crippen LogP contribution in [0.15, 0.2) is 29.3 Å². The van der Waals surface area contributed by atoms with Gasteiger partial charge in [-0.1, -0.05) is 6.07 Å². The summed E-state index contributed by atoms with van der Waals surface area (Å²) in [6.07, 6.45) is -0.132. The number of ether oxygens (including phenoxy) is 2. The Hall–Kier alpha value is -1.23. The SMILES string of the molecule is CCNC(=NCC(C)Oc1cccc(OC)c1)N1CCS(=O)(=O)C(C)(C)C1.I. The summed E-state index contributed by atoms with van der Waals surface area (Å²) in [5.74, 6) is 2.34. The fourth-order valence-corrected chi connectivity index (χ4v) is 4.28. The van der Waals surface area contributed by atoms with Gasteiger partial charge in [-0.3, -0.25) is 0 Å². The normalized spacial score (nSPS) is 19.3. The molecule has 0 spiro atoms. The number of nitrogens with one attached hydrogen (secondary N) is 1. The zero-order chi connectivity index (χ0) is 20.1. The van der Waals surface area contributed by atoms with Crippen molar-refractivity contribution in [3.05, 3.63) is 24.3 Å². The van der Waals surface area contributed by atoms with Gasteiger partial charge in [-0.25, -0.2) is 13.4 Å². The topological polar surface area (TPSA) is 80.2 Å². The molecule has 1 heterocycles. The number of hydrogen-bond donors (Lipinski definition) is 1. The van der Waals surface area contributed by atoms with E-state index in [0.29, 0.717) is 26.2 Å². The third-order valence-electron chi connectivity index (χ3n) is 4.55. The van der Waals surface area contributed by atoms with E-state index >= 15 is 0 Å². The van der Waals surface area contributed by atoms with Gasteiger partial charge in [0.2, 0.25) is 0 Å². The van der Waals surface area contributed by atoms with E-state index < -0.39 is 14.6 Å². The Bertz CT molecular complexity index is 768. The molecule has 0 aromatic heterocycles. The van der Waals surface area contributed by atoms with Gasteiger partial charge in [-0.2, -0.15) is 0 Å². The summed E-state index contributed by atoms with van der Waals surface area (Å²) in [5, 5.41) is 3.26. The molecule has 7 nitrogen and oxygen atoms in total. The van der Waals surface area contributed by atoms with Crippen molar-refractivity contribution >= 4 is 39.8 Å². The smallest absolute Gasteiger partial charge is 0.194 e. The second-order valence-corrected chi connectivity index (χ2v) is 10.0. The van der Waals surface area contributed by atoms with Crippen LogP contribution in [-0.4, -0.2) is 69.2 Å². The molecule has 0 aliphatic carbocycles. The monoisotopic (exact) mass is 525 g/mol. The second kappa shape index (κ2) is 10.5. The average molecular weight is 525 g/mol. The van der Waals surface area contributed by atoms with Crippen molar-refractivity contribution in [1.29, 1.82) is 0 Å². The molecule has 0 radical (unpaired) electrons. The molecule has 28 heavy (non-hydrogen) atoms. The lowest BCUT2D eigenvalue weighted by Gasteiger charge is -2.39. The molecule has 1 aliphatic heterocycles. The fourth-order valence-electron chi connectivity index (χ4n) is 2.91. The molecule has 1 saturated heterocycles. The Labute approximate surface area is 185 Å². The first-order valence-electron chi connectivity index (χ1n) is 9.25. The lowest BCUT2D eigenvalue weighted by atomic mass is 10.2. The number of rotatable bonds is 6. The van der Waals surface area contributed by atoms with Gasteiger partial charge in [0, 0.05) is 25.7 Å². The minimum absolute atomic E-state index is 0. The number of aliphatic imine (C=N–C) groups is 1. The highest BCUT2D eigenvalue weighted by Crippen LogP contribution is 2.24. The van der Waals surface area contributed by atoms with Gasteiger partial charge in [0.25, 0.3) is 0 Å². The van der Waals surface area contributed by atoms with Crippen molar-refractivity contribution in [3.8, 4) is 11.5 Å². The molecule has 160 valence electrons. The van der Waals surface area contributed by atoms with Gasteiger partial charge in [-0.15, -0.1) is 24.0 Å². The van der Waals surface area contributed by atoms with Crippen LogP contribution in [-0.2, 0) is 9.84 Å². The molecule has 9 heteroatoms. The molecule has 0 amide bonds. The number of halogens is 1. The largest absolute Gasteiger partial charge is 0.497 e. The van der Waals surface area contributed by atoms with E-state index in [1.54, 1.807) is 21.0 Å². The molecule has 0 saturated carbocycles. The predicted molar refractivity (Wildman–Crippen MR) is 124 cm³/mol. The number of hydrogen-bond acceptors (Lipinski definition) is 5. The molecule has 0 bridgehead atoms. The van der Waals surface area contributed by atoms with Gasteiger partial charge in [0.1, 0.15) is 17.6 Å². The van der Waals surface area contributed by atoms with Crippen molar-refractivity contribution in [2.45, 2.75) is 38.5 Å². The minimum Gasteiger partial charge on any atom is -0.497 e. The van der Waals surface area contributed by atoms with E-state index in [9.17, 15) is 8.42 Å². The lowest BCUT2D eigenvalue weighted by Crippen LogP contribution is -2.57. The quantitative estimate of drug-likeness (QED) is 0.350. The first-order valence-corrected chi connectivity index (χ1v) is 10.9. The third kappa shape index (κ3) is 6.40. The molecule has 1 unspecified atom stereocenters. The van der Waals surface area contributed by atoms with Gasteiger partial charge in [0.05, 0.1) is 24.2 Å². The minimum atomic E-state index is -3.08. The number of methoxy groups -OCH3 is 1. The summed E-state index contributed by atoms with van der Waals surface area (Å²) >= 11 is 0. The summed E-state index contributed by atoms with van der Waals surface area (Å²) in [6, 6.07) is 7.46. The van der Waals surface area contributed by atoms with Crippen molar-refractivity contribution in [3.63, 3.8) is 0 Å². The summed E-state index contributed by atoms with van der Waals surface area (Å²) in [4.78, 5) is 6.69. The van der Waals surface area contributed by atoms with E-state index in [0.717, 1.165) is 17.5 Å². The summed E-state index contributed by atoms with van der Waals surface area (Å²) in [6.45, 7) is 9.54. The maximum absolute atomic E-state index is 12.2. The first-order chi connectivity index (χ1) is 12.7. The van der Waals surface area contributed by atoms with E-state index in [1.807, 2.05) is 43.0 Å². The van der Waals surface area contributed by atoms with Crippen molar-refractivity contribution in [2.75, 3.05) is 39.0 Å². The number of benzene rings is 1. The molecule has 1 N–H and O–H groups in total. The highest BCUT2D eigenvalue weighted by molar-refractivity contribution is 14.0. The molecular weight excluding hydrogens is 493 g/mol. The Morgan fingerprint density at radius 3 is 2.64 bits per heavy atom. The molecule has 1 aromatic carbocycles. The van der Waals surface area contributed by atoms with Crippen LogP contribution in [0.2, 0.25) is 0 Å². The molecular formula is C19H32IN3O4S. The van der Waals surface area contributed by atoms with E-state index in [1.165, 1.54) is 0 Å². The van der Waals surface area contributed by atoms with Gasteiger partial charge >= 0.3 is 0 Å². The molecule has 2 rings (SSSR count). The van der Waals surface area contributed by atoms with Crippen LogP contribution in [0.4, 0.5) is 0 Å². The van der Waals surface area contributed by atoms with Crippen LogP contribution >= 0.6 is 24.0 Å². The van der Waals surface area contributed by atoms with E-state index in [4.69, 9.17) is 9.47 Å². The van der Waals surface area contributed by atoms with E-state index in [2.05, 4.69) is 10.3 Å². The van der Waals surface area contributed by atoms with E-state index in [-0.39, 0.29) is 35.8 Å². The molecule has 1 aromatic rings. The lowest BCUT2D eigenvalue weighted by molar-refractivity contribution is 0.228. The third-order valence-corrected chi connectivity index (χ3v) is 7.09. The molecule has 1 aliphatic rings. The number of sulfone groups is 1. The Kier molecular flexibility index (Phi) is 9.32. The van der Waals surface area contributed by atoms with Crippen molar-refractivity contribution in [2.24, 2.45) is 4.99 Å². The summed E-state index contributed by atoms with van der Waals surface area (Å²) in [5.41, 5.74) is 0. The fraction of sp³-hybridized carbons (Fsp3) is 0.632. The van der Waals surface area contributed by atoms with Crippen LogP contribution in [0.5, 0.6) is 11.5 Å². The van der Waals surface area contributed by atoms with Crippen LogP contribution in [0, 0.1) is 0 Å². The maximum Gasteiger partial charge on any atom is 0.194 e. The average Bonchev–Trinajstić information content (AvgIpc) is 2.61. The Morgan fingerprint density at radius 1 is 1.36 bits per heavy atom. The van der Waals surface area contributed by atoms with Gasteiger partial charge < -0.3 is 19.7 Å². The predicted octanol–water partition coefficient (Wildman–Crippen LogP) is 2.56. The van der Waals surface area contributed by atoms with Crippen LogP contribution in [0.1, 0.15) is 27.7 Å². The van der Waals surface area contributed by atoms with Crippen LogP contribution in [0.3, 0.4) is 0 Å². The second-order valence-electron chi connectivity index (χ2n) is 7.30. The zero-order valence-electron chi connectivity index (χ0n) is 17.3. The first kappa shape index (κ1) is 24.8. The Morgan fingerprint density at radius 2 is 2.04 bits per heavy atom. The maximum atomic E-state index is 12.2. The highest BCUT2D eigenvalue weighted by atomic mass is 127. The highest BCUT2D eigenvalue weighted by Gasteiger charge is 2.40. The zero-order valence-corrected chi connectivity index (χ0v) is 20.4. The Balaban J connectivity index is 0.00000392. The number of guanidine groups is 1. The van der Waals surface area contributed by atoms with Crippen molar-refractivity contribution < 1.29 is 17.9 Å². The molecule has 1 atom stereocenters. The van der Waals surface area contributed by atoms with Gasteiger partial charge in [0.15, 0.2) is 15.8 Å². The molecule has 1 fully saturated rings. The number of nitrogens with zero attached hydrogens (tertiary/aromatic N) is 2. The van der Waals surface area contributed by atoms with Crippen LogP contribution < -0.4 is 14.8 Å².